The molecule has 1 aromatic rings. The van der Waals surface area contributed by atoms with Crippen molar-refractivity contribution in [2.75, 3.05) is 14.2 Å². The molecule has 0 aliphatic rings. The second-order valence-electron chi connectivity index (χ2n) is 1.67. The Morgan fingerprint density at radius 3 is 1.64 bits per heavy atom. The third-order valence-corrected chi connectivity index (χ3v) is 1.02. The quantitative estimate of drug-likeness (QED) is 0.598. The van der Waals surface area contributed by atoms with E-state index >= 15 is 0 Å². The fourth-order valence-electron chi connectivity index (χ4n) is 0.581. The minimum atomic E-state index is -0.879. The van der Waals surface area contributed by atoms with E-state index in [1.807, 2.05) is 0 Å². The summed E-state index contributed by atoms with van der Waals surface area (Å²) in [5, 5.41) is 24.9. The molecule has 0 aromatic heterocycles. The van der Waals surface area contributed by atoms with Crippen molar-refractivity contribution in [2.45, 2.75) is 0 Å². The zero-order valence-electron chi connectivity index (χ0n) is 8.27. The van der Waals surface area contributed by atoms with Gasteiger partial charge in [0.15, 0.2) is 0 Å². The van der Waals surface area contributed by atoms with Gasteiger partial charge in [-0.1, -0.05) is 18.2 Å². The van der Waals surface area contributed by atoms with Gasteiger partial charge in [-0.3, -0.25) is 0 Å². The Labute approximate surface area is 99.4 Å². The molecule has 0 fully saturated rings. The van der Waals surface area contributed by atoms with Crippen molar-refractivity contribution in [3.8, 4) is 0 Å². The van der Waals surface area contributed by atoms with Crippen LogP contribution in [0, 0.1) is 0 Å². The van der Waals surface area contributed by atoms with E-state index < -0.39 is 5.97 Å². The molecule has 0 radical (unpaired) electrons. The number of carbonyl (C=O) groups is 1. The summed E-state index contributed by atoms with van der Waals surface area (Å²) < 4.78 is 0. The van der Waals surface area contributed by atoms with E-state index in [2.05, 4.69) is 0 Å². The number of carboxylic acid groups (broad SMARTS) is 1. The maximum absolute atomic E-state index is 10.2. The fourth-order valence-corrected chi connectivity index (χ4v) is 0.581. The summed E-state index contributed by atoms with van der Waals surface area (Å²) >= 11 is 0. The molecule has 0 heterocycles. The summed E-state index contributed by atoms with van der Waals surface area (Å²) in [6.45, 7) is 0. The van der Waals surface area contributed by atoms with Crippen LogP contribution in [0.2, 0.25) is 0 Å². The van der Waals surface area contributed by atoms with Gasteiger partial charge in [0.2, 0.25) is 0 Å². The topological polar surface area (TPSA) is 83.4 Å². The summed E-state index contributed by atoms with van der Waals surface area (Å²) in [5.41, 5.74) is 0.331. The molecule has 0 atom stereocenters. The van der Waals surface area contributed by atoms with Gasteiger partial charge in [0.05, 0.1) is 5.56 Å². The first-order valence-electron chi connectivity index (χ1n) is 3.40. The summed E-state index contributed by atoms with van der Waals surface area (Å²) in [6, 6.07) is 8.30. The fraction of sp³-hybridized carbons (Fsp3) is 0.222. The Morgan fingerprint density at radius 1 is 1.07 bits per heavy atom. The zero-order valence-corrected chi connectivity index (χ0v) is 9.68. The third kappa shape index (κ3) is 9.46. The molecule has 0 amide bonds. The van der Waals surface area contributed by atoms with E-state index in [-0.39, 0.29) is 23.1 Å². The molecule has 0 saturated heterocycles. The molecule has 74 valence electrons. The van der Waals surface area contributed by atoms with E-state index in [1.165, 1.54) is 0 Å². The third-order valence-electron chi connectivity index (χ3n) is 1.02. The van der Waals surface area contributed by atoms with Gasteiger partial charge >= 0.3 is 29.0 Å². The van der Waals surface area contributed by atoms with Crippen LogP contribution in [0.3, 0.4) is 0 Å². The molecule has 5 heteroatoms. The van der Waals surface area contributed by atoms with Crippen molar-refractivity contribution in [1.29, 1.82) is 0 Å². The number of carboxylic acids is 1. The van der Waals surface area contributed by atoms with Gasteiger partial charge < -0.3 is 15.3 Å². The van der Waals surface area contributed by atoms with Crippen LogP contribution in [0.25, 0.3) is 0 Å². The first-order chi connectivity index (χ1) is 6.30. The molecule has 0 aliphatic carbocycles. The van der Waals surface area contributed by atoms with Gasteiger partial charge in [-0.25, -0.2) is 4.79 Å². The predicted octanol–water partition coefficient (Wildman–Crippen LogP) is -1.04. The van der Waals surface area contributed by atoms with Gasteiger partial charge in [-0.2, -0.15) is 14.2 Å². The van der Waals surface area contributed by atoms with Crippen LogP contribution >= 0.6 is 0 Å². The van der Waals surface area contributed by atoms with Crippen LogP contribution in [0.15, 0.2) is 30.3 Å². The number of benzene rings is 1. The van der Waals surface area contributed by atoms with Crippen molar-refractivity contribution in [1.82, 2.24) is 0 Å². The van der Waals surface area contributed by atoms with Crippen molar-refractivity contribution < 1.29 is 20.1 Å². The average molecular weight is 208 g/mol. The Morgan fingerprint density at radius 2 is 1.43 bits per heavy atom. The van der Waals surface area contributed by atoms with E-state index in [1.54, 1.807) is 30.3 Å². The molecule has 0 aliphatic heterocycles. The van der Waals surface area contributed by atoms with E-state index in [0.29, 0.717) is 5.56 Å². The van der Waals surface area contributed by atoms with Gasteiger partial charge in [0.25, 0.3) is 0 Å². The Hall–Kier alpha value is -0.624. The van der Waals surface area contributed by atoms with Crippen LogP contribution in [0.4, 0.5) is 0 Å². The monoisotopic (exact) mass is 208 g/mol. The zero-order chi connectivity index (χ0) is 10.7. The van der Waals surface area contributed by atoms with Crippen LogP contribution in [0.5, 0.6) is 0 Å². The second kappa shape index (κ2) is 14.9. The van der Waals surface area contributed by atoms with Crippen molar-refractivity contribution >= 4 is 29.0 Å². The van der Waals surface area contributed by atoms with Gasteiger partial charge in [0.1, 0.15) is 0 Å². The molecule has 0 unspecified atom stereocenters. The largest absolute Gasteiger partial charge is 2.00 e. The number of hydrogen-bond donors (Lipinski definition) is 1. The van der Waals surface area contributed by atoms with Crippen LogP contribution in [-0.4, -0.2) is 48.3 Å². The van der Waals surface area contributed by atoms with Crippen LogP contribution in [0.1, 0.15) is 10.4 Å². The first-order valence-corrected chi connectivity index (χ1v) is 3.40. The molecule has 0 saturated carbocycles. The molecule has 14 heavy (non-hydrogen) atoms. The van der Waals surface area contributed by atoms with Crippen LogP contribution < -0.4 is 10.2 Å². The van der Waals surface area contributed by atoms with Gasteiger partial charge in [-0.05, 0) is 12.1 Å². The van der Waals surface area contributed by atoms with Gasteiger partial charge in [0, 0.05) is 0 Å². The maximum atomic E-state index is 10.2. The summed E-state index contributed by atoms with van der Waals surface area (Å²) in [6.07, 6.45) is 0. The number of hydrogen-bond acceptors (Lipinski definition) is 3. The minimum Gasteiger partial charge on any atom is -0.857 e. The summed E-state index contributed by atoms with van der Waals surface area (Å²) in [5.74, 6) is -0.879. The van der Waals surface area contributed by atoms with E-state index in [9.17, 15) is 4.79 Å². The Kier molecular flexibility index (Phi) is 20.2. The van der Waals surface area contributed by atoms with Crippen molar-refractivity contribution in [3.63, 3.8) is 0 Å². The Balaban J connectivity index is -0.000000216. The normalized spacial score (nSPS) is 6.57. The molecular formula is C9H12MgO4. The molecule has 1 aromatic carbocycles. The maximum Gasteiger partial charge on any atom is 2.00 e. The molecule has 0 bridgehead atoms. The Bertz CT molecular complexity index is 213. The van der Waals surface area contributed by atoms with Gasteiger partial charge in [-0.15, -0.1) is 0 Å². The number of aromatic carboxylic acids is 1. The molecule has 1 N–H and O–H groups in total. The van der Waals surface area contributed by atoms with E-state index in [0.717, 1.165) is 14.2 Å². The van der Waals surface area contributed by atoms with Crippen molar-refractivity contribution in [3.05, 3.63) is 35.9 Å². The standard InChI is InChI=1S/C7H6O2.2CH3O.Mg/c8-7(9)6-4-2-1-3-5-6;2*1-2;/h1-5H,(H,8,9);2*1H3;/q;2*-1;+2. The predicted molar refractivity (Wildman–Crippen MR) is 51.0 cm³/mol. The number of rotatable bonds is 1. The molecule has 4 nitrogen and oxygen atoms in total. The van der Waals surface area contributed by atoms with Crippen LogP contribution in [-0.2, 0) is 0 Å². The molecule has 1 rings (SSSR count). The molecule has 0 spiro atoms. The SMILES string of the molecule is C[O-].C[O-].O=C(O)c1ccccc1.[Mg+2]. The van der Waals surface area contributed by atoms with Crippen molar-refractivity contribution in [2.24, 2.45) is 0 Å². The summed E-state index contributed by atoms with van der Waals surface area (Å²) in [4.78, 5) is 10.2. The average Bonchev–Trinajstić information content (AvgIpc) is 2.25. The second-order valence-corrected chi connectivity index (χ2v) is 1.67. The smallest absolute Gasteiger partial charge is 0.857 e. The van der Waals surface area contributed by atoms with E-state index in [4.69, 9.17) is 15.3 Å². The summed E-state index contributed by atoms with van der Waals surface area (Å²) in [7, 11) is 1.50. The first kappa shape index (κ1) is 19.0. The molecular weight excluding hydrogens is 196 g/mol. The minimum absolute atomic E-state index is 0.